The number of morpholine rings is 1. The number of rotatable bonds is 13. The first kappa shape index (κ1) is 31.5. The molecule has 0 saturated carbocycles. The summed E-state index contributed by atoms with van der Waals surface area (Å²) in [7, 11) is -3.67. The molecular formula is C30H34ClN3O7S. The Balaban J connectivity index is 1.54. The lowest BCUT2D eigenvalue weighted by molar-refractivity contribution is -0.143. The van der Waals surface area contributed by atoms with Crippen LogP contribution in [0.1, 0.15) is 23.6 Å². The van der Waals surface area contributed by atoms with E-state index in [4.69, 9.17) is 21.1 Å². The molecule has 1 aliphatic heterocycles. The predicted molar refractivity (Wildman–Crippen MR) is 157 cm³/mol. The molecule has 0 spiro atoms. The van der Waals surface area contributed by atoms with Crippen molar-refractivity contribution >= 4 is 33.4 Å². The Bertz CT molecular complexity index is 1420. The number of amides is 2. The Hall–Kier alpha value is -3.48. The highest BCUT2D eigenvalue weighted by Crippen LogP contribution is 2.26. The zero-order valence-corrected chi connectivity index (χ0v) is 24.6. The molecular weight excluding hydrogens is 582 g/mol. The highest BCUT2D eigenvalue weighted by atomic mass is 35.5. The third kappa shape index (κ3) is 8.30. The van der Waals surface area contributed by atoms with Gasteiger partial charge in [0, 0.05) is 37.8 Å². The first-order chi connectivity index (χ1) is 20.3. The number of halogens is 1. The molecule has 0 unspecified atom stereocenters. The van der Waals surface area contributed by atoms with Crippen LogP contribution in [0.15, 0.2) is 83.8 Å². The fourth-order valence-electron chi connectivity index (χ4n) is 4.48. The van der Waals surface area contributed by atoms with Crippen LogP contribution in [0.4, 0.5) is 0 Å². The lowest BCUT2D eigenvalue weighted by Gasteiger charge is -2.31. The van der Waals surface area contributed by atoms with Crippen molar-refractivity contribution in [1.29, 1.82) is 0 Å². The van der Waals surface area contributed by atoms with Crippen LogP contribution in [0.25, 0.3) is 0 Å². The Morgan fingerprint density at radius 2 is 1.67 bits per heavy atom. The minimum atomic E-state index is -3.67. The summed E-state index contributed by atoms with van der Waals surface area (Å²) < 4.78 is 38.2. The summed E-state index contributed by atoms with van der Waals surface area (Å²) in [6.45, 7) is 1.14. The van der Waals surface area contributed by atoms with E-state index in [2.05, 4.69) is 5.32 Å². The van der Waals surface area contributed by atoms with Gasteiger partial charge in [0.15, 0.2) is 6.61 Å². The number of sulfonamides is 1. The van der Waals surface area contributed by atoms with Gasteiger partial charge in [0.1, 0.15) is 11.8 Å². The zero-order chi connectivity index (χ0) is 30.0. The molecule has 10 nitrogen and oxygen atoms in total. The van der Waals surface area contributed by atoms with Crippen molar-refractivity contribution in [3.05, 3.63) is 95.0 Å². The lowest BCUT2D eigenvalue weighted by Crippen LogP contribution is -2.45. The fraction of sp³-hybridized carbons (Fsp3) is 0.333. The number of nitrogens with one attached hydrogen (secondary N) is 1. The van der Waals surface area contributed by atoms with Gasteiger partial charge in [-0.15, -0.1) is 0 Å². The average molecular weight is 616 g/mol. The number of hydrogen-bond donors (Lipinski definition) is 2. The monoisotopic (exact) mass is 615 g/mol. The van der Waals surface area contributed by atoms with E-state index < -0.39 is 34.5 Å². The van der Waals surface area contributed by atoms with Crippen LogP contribution in [-0.2, 0) is 30.9 Å². The molecule has 2 N–H and O–H groups in total. The molecule has 0 bridgehead atoms. The Morgan fingerprint density at radius 1 is 1.00 bits per heavy atom. The maximum atomic E-state index is 13.7. The van der Waals surface area contributed by atoms with Crippen molar-refractivity contribution < 1.29 is 32.6 Å². The van der Waals surface area contributed by atoms with Crippen molar-refractivity contribution in [1.82, 2.24) is 14.5 Å². The van der Waals surface area contributed by atoms with E-state index in [1.54, 1.807) is 48.5 Å². The quantitative estimate of drug-likeness (QED) is 0.283. The number of aliphatic hydroxyl groups is 1. The van der Waals surface area contributed by atoms with E-state index in [0.29, 0.717) is 36.0 Å². The van der Waals surface area contributed by atoms with Crippen LogP contribution >= 0.6 is 11.6 Å². The number of aliphatic hydroxyl groups excluding tert-OH is 1. The molecule has 2 amide bonds. The first-order valence-corrected chi connectivity index (χ1v) is 15.4. The Morgan fingerprint density at radius 3 is 2.31 bits per heavy atom. The molecule has 1 atom stereocenters. The van der Waals surface area contributed by atoms with E-state index in [1.165, 1.54) is 33.5 Å². The number of ether oxygens (including phenoxy) is 2. The van der Waals surface area contributed by atoms with Gasteiger partial charge in [-0.3, -0.25) is 9.59 Å². The highest BCUT2D eigenvalue weighted by molar-refractivity contribution is 7.89. The highest BCUT2D eigenvalue weighted by Gasteiger charge is 2.32. The van der Waals surface area contributed by atoms with E-state index >= 15 is 0 Å². The summed E-state index contributed by atoms with van der Waals surface area (Å²) in [6.07, 6.45) is 0.374. The van der Waals surface area contributed by atoms with Gasteiger partial charge < -0.3 is 24.8 Å². The van der Waals surface area contributed by atoms with Gasteiger partial charge in [0.05, 0.1) is 18.1 Å². The molecule has 0 radical (unpaired) electrons. The van der Waals surface area contributed by atoms with Crippen molar-refractivity contribution in [2.75, 3.05) is 46.1 Å². The fourth-order valence-corrected chi connectivity index (χ4v) is 6.01. The maximum Gasteiger partial charge on any atom is 0.261 e. The molecule has 0 aromatic heterocycles. The average Bonchev–Trinajstić information content (AvgIpc) is 3.02. The second-order valence-corrected chi connectivity index (χ2v) is 12.0. The molecule has 1 saturated heterocycles. The Labute approximate surface area is 250 Å². The van der Waals surface area contributed by atoms with Gasteiger partial charge in [-0.25, -0.2) is 8.42 Å². The third-order valence-electron chi connectivity index (χ3n) is 6.69. The number of carbonyl (C=O) groups excluding carboxylic acids is 2. The molecule has 224 valence electrons. The molecule has 12 heteroatoms. The standard InChI is InChI=1S/C30H34ClN3O7S/c31-25-9-7-23(8-10-25)21-34(29(24-5-2-1-3-6-24)30(37)32-15-4-18-35)28(36)22-41-26-11-13-27(14-12-26)42(38,39)33-16-19-40-20-17-33/h1-3,5-14,29,35H,4,15-22H2,(H,32,37)/t29-/m0/s1. The number of hydrogen-bond acceptors (Lipinski definition) is 7. The smallest absolute Gasteiger partial charge is 0.261 e. The molecule has 42 heavy (non-hydrogen) atoms. The number of benzene rings is 3. The summed E-state index contributed by atoms with van der Waals surface area (Å²) in [4.78, 5) is 28.7. The van der Waals surface area contributed by atoms with Gasteiger partial charge in [-0.2, -0.15) is 4.31 Å². The molecule has 3 aromatic rings. The minimum Gasteiger partial charge on any atom is -0.484 e. The zero-order valence-electron chi connectivity index (χ0n) is 23.0. The summed E-state index contributed by atoms with van der Waals surface area (Å²) in [5.41, 5.74) is 1.37. The largest absolute Gasteiger partial charge is 0.484 e. The third-order valence-corrected chi connectivity index (χ3v) is 8.85. The maximum absolute atomic E-state index is 13.7. The van der Waals surface area contributed by atoms with E-state index in [1.807, 2.05) is 6.07 Å². The van der Waals surface area contributed by atoms with Gasteiger partial charge in [0.2, 0.25) is 15.9 Å². The summed E-state index contributed by atoms with van der Waals surface area (Å²) in [5.74, 6) is -0.546. The number of carbonyl (C=O) groups is 2. The van der Waals surface area contributed by atoms with Crippen LogP contribution in [0, 0.1) is 0 Å². The first-order valence-electron chi connectivity index (χ1n) is 13.6. The van der Waals surface area contributed by atoms with Crippen LogP contribution in [-0.4, -0.2) is 80.6 Å². The SMILES string of the molecule is O=C(NCCCO)[C@H](c1ccccc1)N(Cc1ccc(Cl)cc1)C(=O)COc1ccc(S(=O)(=O)N2CCOCC2)cc1. The van der Waals surface area contributed by atoms with E-state index in [-0.39, 0.29) is 37.7 Å². The van der Waals surface area contributed by atoms with Crippen molar-refractivity contribution in [3.63, 3.8) is 0 Å². The second-order valence-electron chi connectivity index (χ2n) is 9.61. The van der Waals surface area contributed by atoms with Crippen LogP contribution in [0.3, 0.4) is 0 Å². The van der Waals surface area contributed by atoms with Gasteiger partial charge in [-0.1, -0.05) is 54.1 Å². The van der Waals surface area contributed by atoms with Gasteiger partial charge in [0.25, 0.3) is 5.91 Å². The van der Waals surface area contributed by atoms with Crippen LogP contribution in [0.2, 0.25) is 5.02 Å². The topological polar surface area (TPSA) is 125 Å². The molecule has 1 aliphatic rings. The Kier molecular flexibility index (Phi) is 11.3. The molecule has 4 rings (SSSR count). The van der Waals surface area contributed by atoms with Crippen molar-refractivity contribution in [2.45, 2.75) is 23.9 Å². The van der Waals surface area contributed by atoms with Crippen molar-refractivity contribution in [2.24, 2.45) is 0 Å². The minimum absolute atomic E-state index is 0.0793. The summed E-state index contributed by atoms with van der Waals surface area (Å²) >= 11 is 6.06. The molecule has 1 heterocycles. The predicted octanol–water partition coefficient (Wildman–Crippen LogP) is 3.01. The van der Waals surface area contributed by atoms with Gasteiger partial charge in [-0.05, 0) is 53.9 Å². The van der Waals surface area contributed by atoms with Crippen LogP contribution < -0.4 is 10.1 Å². The molecule has 0 aliphatic carbocycles. The number of nitrogens with zero attached hydrogens (tertiary/aromatic N) is 2. The molecule has 1 fully saturated rings. The van der Waals surface area contributed by atoms with Crippen molar-refractivity contribution in [3.8, 4) is 5.75 Å². The second kappa shape index (κ2) is 15.1. The van der Waals surface area contributed by atoms with Crippen LogP contribution in [0.5, 0.6) is 5.75 Å². The lowest BCUT2D eigenvalue weighted by atomic mass is 10.0. The van der Waals surface area contributed by atoms with Gasteiger partial charge >= 0.3 is 0 Å². The normalized spacial score (nSPS) is 14.6. The summed E-state index contributed by atoms with van der Waals surface area (Å²) in [5, 5.41) is 12.5. The van der Waals surface area contributed by atoms with E-state index in [0.717, 1.165) is 5.56 Å². The summed E-state index contributed by atoms with van der Waals surface area (Å²) in [6, 6.07) is 20.8. The van der Waals surface area contributed by atoms with E-state index in [9.17, 15) is 23.1 Å². The molecule has 3 aromatic carbocycles.